The van der Waals surface area contributed by atoms with Gasteiger partial charge in [0.2, 0.25) is 18.7 Å². The average molecular weight is 448 g/mol. The Morgan fingerprint density at radius 3 is 2.70 bits per heavy atom. The highest BCUT2D eigenvalue weighted by Crippen LogP contribution is 2.47. The highest BCUT2D eigenvalue weighted by atomic mass is 19.1. The van der Waals surface area contributed by atoms with E-state index >= 15 is 0 Å². The predicted octanol–water partition coefficient (Wildman–Crippen LogP) is 4.04. The number of aromatic nitrogens is 3. The molecule has 3 aromatic rings. The fourth-order valence-corrected chi connectivity index (χ4v) is 4.54. The number of nitrogens with zero attached hydrogens (tertiary/aromatic N) is 3. The van der Waals surface area contributed by atoms with Gasteiger partial charge in [-0.15, -0.1) is 0 Å². The number of ether oxygens (including phenoxy) is 2. The number of hydrogen-bond donors (Lipinski definition) is 1. The molecule has 2 aliphatic rings. The van der Waals surface area contributed by atoms with Crippen LogP contribution in [0.3, 0.4) is 0 Å². The number of alkyl halides is 1. The van der Waals surface area contributed by atoms with Crippen LogP contribution in [0.25, 0.3) is 11.1 Å². The van der Waals surface area contributed by atoms with Crippen LogP contribution >= 0.6 is 0 Å². The molecule has 33 heavy (non-hydrogen) atoms. The third-order valence-corrected chi connectivity index (χ3v) is 6.26. The van der Waals surface area contributed by atoms with Gasteiger partial charge in [-0.25, -0.2) is 19.2 Å². The third kappa shape index (κ3) is 4.02. The molecular formula is C24H21FN4O4. The Labute approximate surface area is 189 Å². The highest BCUT2D eigenvalue weighted by Gasteiger charge is 2.48. The van der Waals surface area contributed by atoms with Crippen LogP contribution in [0.15, 0.2) is 55.1 Å². The zero-order valence-corrected chi connectivity index (χ0v) is 17.7. The van der Waals surface area contributed by atoms with Crippen molar-refractivity contribution < 1.29 is 23.5 Å². The van der Waals surface area contributed by atoms with Crippen molar-refractivity contribution in [1.82, 2.24) is 15.0 Å². The normalized spacial score (nSPS) is 21.4. The maximum atomic E-state index is 12.8. The lowest BCUT2D eigenvalue weighted by atomic mass is 9.75. The first kappa shape index (κ1) is 21.0. The van der Waals surface area contributed by atoms with Crippen molar-refractivity contribution >= 4 is 17.8 Å². The number of fused-ring (bicyclic) bond motifs is 2. The summed E-state index contributed by atoms with van der Waals surface area (Å²) in [6, 6.07) is 8.77. The summed E-state index contributed by atoms with van der Waals surface area (Å²) in [4.78, 5) is 37.5. The predicted molar refractivity (Wildman–Crippen MR) is 116 cm³/mol. The Kier molecular flexibility index (Phi) is 5.45. The van der Waals surface area contributed by atoms with Gasteiger partial charge in [-0.05, 0) is 49.4 Å². The molecule has 0 bridgehead atoms. The van der Waals surface area contributed by atoms with Crippen LogP contribution in [-0.2, 0) is 15.1 Å². The van der Waals surface area contributed by atoms with Gasteiger partial charge in [0.15, 0.2) is 0 Å². The van der Waals surface area contributed by atoms with Crippen LogP contribution < -0.4 is 10.1 Å². The molecule has 5 rings (SSSR count). The molecule has 1 spiro atoms. The molecule has 8 nitrogen and oxygen atoms in total. The van der Waals surface area contributed by atoms with Crippen molar-refractivity contribution in [3.63, 3.8) is 0 Å². The van der Waals surface area contributed by atoms with E-state index in [2.05, 4.69) is 20.3 Å². The first-order valence-electron chi connectivity index (χ1n) is 10.7. The quantitative estimate of drug-likeness (QED) is 0.588. The topological polar surface area (TPSA) is 103 Å². The summed E-state index contributed by atoms with van der Waals surface area (Å²) in [5.41, 5.74) is 2.20. The number of pyridine rings is 1. The summed E-state index contributed by atoms with van der Waals surface area (Å²) in [5, 5.41) is 2.78. The minimum absolute atomic E-state index is 0.157. The van der Waals surface area contributed by atoms with Gasteiger partial charge in [-0.3, -0.25) is 15.1 Å². The van der Waals surface area contributed by atoms with Crippen LogP contribution in [0.2, 0.25) is 0 Å². The summed E-state index contributed by atoms with van der Waals surface area (Å²) in [6.07, 6.45) is 8.70. The van der Waals surface area contributed by atoms with E-state index in [4.69, 9.17) is 9.47 Å². The minimum Gasteiger partial charge on any atom is -0.463 e. The molecule has 1 aliphatic heterocycles. The number of anilines is 1. The van der Waals surface area contributed by atoms with Crippen LogP contribution in [-0.4, -0.2) is 33.7 Å². The molecule has 3 heterocycles. The molecule has 1 N–H and O–H groups in total. The molecule has 2 aromatic heterocycles. The lowest BCUT2D eigenvalue weighted by molar-refractivity contribution is -0.122. The molecule has 0 unspecified atom stereocenters. The van der Waals surface area contributed by atoms with Crippen molar-refractivity contribution in [3.05, 3.63) is 66.2 Å². The van der Waals surface area contributed by atoms with E-state index in [9.17, 15) is 14.0 Å². The number of nitrogens with one attached hydrogen (secondary N) is 1. The molecule has 168 valence electrons. The SMILES string of the molecule is O=C1OC2(CCC(C(=O)Nc3ncc(-c4cccc(OCF)c4)cn3)CC2)c2ccncc21. The molecule has 1 saturated carbocycles. The smallest absolute Gasteiger partial charge is 0.341 e. The Morgan fingerprint density at radius 1 is 1.15 bits per heavy atom. The highest BCUT2D eigenvalue weighted by molar-refractivity contribution is 5.94. The summed E-state index contributed by atoms with van der Waals surface area (Å²) >= 11 is 0. The second kappa shape index (κ2) is 8.57. The second-order valence-corrected chi connectivity index (χ2v) is 8.15. The zero-order chi connectivity index (χ0) is 22.8. The largest absolute Gasteiger partial charge is 0.463 e. The van der Waals surface area contributed by atoms with Crippen molar-refractivity contribution in [2.75, 3.05) is 12.2 Å². The Bertz CT molecular complexity index is 1190. The first-order chi connectivity index (χ1) is 16.1. The van der Waals surface area contributed by atoms with E-state index in [0.717, 1.165) is 11.1 Å². The maximum absolute atomic E-state index is 12.8. The number of benzene rings is 1. The van der Waals surface area contributed by atoms with E-state index < -0.39 is 12.5 Å². The number of halogens is 1. The molecule has 1 amide bonds. The Balaban J connectivity index is 1.22. The number of hydrogen-bond acceptors (Lipinski definition) is 7. The van der Waals surface area contributed by atoms with Crippen LogP contribution in [0, 0.1) is 5.92 Å². The zero-order valence-electron chi connectivity index (χ0n) is 17.7. The molecular weight excluding hydrogens is 427 g/mol. The van der Waals surface area contributed by atoms with E-state index in [1.54, 1.807) is 36.8 Å². The third-order valence-electron chi connectivity index (χ3n) is 6.26. The Hall–Kier alpha value is -3.88. The van der Waals surface area contributed by atoms with Gasteiger partial charge in [0.25, 0.3) is 0 Å². The number of carbonyl (C=O) groups is 2. The standard InChI is InChI=1S/C24H21FN4O4/c25-14-32-18-3-1-2-16(10-18)17-11-27-23(28-12-17)29-21(30)15-4-7-24(8-5-15)20-6-9-26-13-19(20)22(31)33-24/h1-3,6,9-13,15H,4-5,7-8,14H2,(H,27,28,29,30). The fraction of sp³-hybridized carbons (Fsp3) is 0.292. The van der Waals surface area contributed by atoms with Gasteiger partial charge in [0.1, 0.15) is 11.4 Å². The van der Waals surface area contributed by atoms with Gasteiger partial charge in [-0.2, -0.15) is 0 Å². The minimum atomic E-state index is -0.903. The van der Waals surface area contributed by atoms with Gasteiger partial charge in [-0.1, -0.05) is 12.1 Å². The number of esters is 1. The molecule has 1 aliphatic carbocycles. The fourth-order valence-electron chi connectivity index (χ4n) is 4.54. The van der Waals surface area contributed by atoms with Gasteiger partial charge >= 0.3 is 5.97 Å². The van der Waals surface area contributed by atoms with Crippen LogP contribution in [0.1, 0.15) is 41.6 Å². The molecule has 0 saturated heterocycles. The van der Waals surface area contributed by atoms with Crippen LogP contribution in [0.4, 0.5) is 10.3 Å². The van der Waals surface area contributed by atoms with E-state index in [0.29, 0.717) is 42.6 Å². The molecule has 1 fully saturated rings. The van der Waals surface area contributed by atoms with Crippen molar-refractivity contribution in [3.8, 4) is 16.9 Å². The lowest BCUT2D eigenvalue weighted by Crippen LogP contribution is -2.36. The molecule has 0 radical (unpaired) electrons. The first-order valence-corrected chi connectivity index (χ1v) is 10.7. The summed E-state index contributed by atoms with van der Waals surface area (Å²) < 4.78 is 23.0. The maximum Gasteiger partial charge on any atom is 0.341 e. The summed E-state index contributed by atoms with van der Waals surface area (Å²) in [7, 11) is 0. The molecule has 9 heteroatoms. The molecule has 1 aromatic carbocycles. The van der Waals surface area contributed by atoms with Gasteiger partial charge < -0.3 is 9.47 Å². The second-order valence-electron chi connectivity index (χ2n) is 8.15. The van der Waals surface area contributed by atoms with Crippen molar-refractivity contribution in [2.24, 2.45) is 5.92 Å². The van der Waals surface area contributed by atoms with E-state index in [1.165, 1.54) is 6.20 Å². The summed E-state index contributed by atoms with van der Waals surface area (Å²) in [5.74, 6) is -0.109. The summed E-state index contributed by atoms with van der Waals surface area (Å²) in [6.45, 7) is -0.903. The van der Waals surface area contributed by atoms with Crippen molar-refractivity contribution in [1.29, 1.82) is 0 Å². The van der Waals surface area contributed by atoms with Crippen molar-refractivity contribution in [2.45, 2.75) is 31.3 Å². The molecule has 0 atom stereocenters. The lowest BCUT2D eigenvalue weighted by Gasteiger charge is -2.35. The monoisotopic (exact) mass is 448 g/mol. The number of rotatable bonds is 5. The van der Waals surface area contributed by atoms with Gasteiger partial charge in [0, 0.05) is 41.8 Å². The van der Waals surface area contributed by atoms with Gasteiger partial charge in [0.05, 0.1) is 5.56 Å². The van der Waals surface area contributed by atoms with E-state index in [1.807, 2.05) is 12.1 Å². The Morgan fingerprint density at radius 2 is 1.94 bits per heavy atom. The average Bonchev–Trinajstić information content (AvgIpc) is 3.12. The number of carbonyl (C=O) groups excluding carboxylic acids is 2. The van der Waals surface area contributed by atoms with E-state index in [-0.39, 0.29) is 23.7 Å². The number of amides is 1. The van der Waals surface area contributed by atoms with Crippen LogP contribution in [0.5, 0.6) is 5.75 Å².